The van der Waals surface area contributed by atoms with E-state index in [1.165, 1.54) is 4.90 Å². The van der Waals surface area contributed by atoms with Crippen molar-refractivity contribution >= 4 is 28.3 Å². The van der Waals surface area contributed by atoms with Gasteiger partial charge in [-0.15, -0.1) is 0 Å². The minimum absolute atomic E-state index is 0.00342. The van der Waals surface area contributed by atoms with Gasteiger partial charge in [-0.05, 0) is 36.1 Å². The van der Waals surface area contributed by atoms with Gasteiger partial charge in [-0.2, -0.15) is 0 Å². The normalized spacial score (nSPS) is 31.4. The van der Waals surface area contributed by atoms with Crippen LogP contribution in [0.5, 0.6) is 0 Å². The van der Waals surface area contributed by atoms with Crippen molar-refractivity contribution in [3.8, 4) is 0 Å². The third kappa shape index (κ3) is 1.55. The molecule has 23 heavy (non-hydrogen) atoms. The summed E-state index contributed by atoms with van der Waals surface area (Å²) >= 11 is 0. The number of benzene rings is 2. The van der Waals surface area contributed by atoms with E-state index in [9.17, 15) is 9.59 Å². The summed E-state index contributed by atoms with van der Waals surface area (Å²) in [5.41, 5.74) is 1.76. The van der Waals surface area contributed by atoms with Crippen LogP contribution in [-0.4, -0.2) is 11.8 Å². The van der Waals surface area contributed by atoms with Gasteiger partial charge in [0.25, 0.3) is 0 Å². The lowest BCUT2D eigenvalue weighted by Crippen LogP contribution is -2.33. The van der Waals surface area contributed by atoms with Gasteiger partial charge in [0.2, 0.25) is 11.8 Å². The Labute approximate surface area is 134 Å². The summed E-state index contributed by atoms with van der Waals surface area (Å²) in [5, 5.41) is 2.04. The molecule has 1 aliphatic heterocycles. The fourth-order valence-electron chi connectivity index (χ4n) is 4.78. The van der Waals surface area contributed by atoms with Crippen molar-refractivity contribution in [2.24, 2.45) is 23.7 Å². The SMILES string of the molecule is Cc1ccc2ccccc2c1N1C(=O)C2C3C=CC(C3)C2C1=O. The molecule has 5 rings (SSSR count). The maximum absolute atomic E-state index is 13.1. The number of nitrogens with zero attached hydrogens (tertiary/aromatic N) is 1. The molecule has 2 amide bonds. The smallest absolute Gasteiger partial charge is 0.238 e. The average molecular weight is 303 g/mol. The van der Waals surface area contributed by atoms with E-state index in [4.69, 9.17) is 0 Å². The van der Waals surface area contributed by atoms with Crippen LogP contribution in [0.25, 0.3) is 10.8 Å². The number of fused-ring (bicyclic) bond motifs is 6. The van der Waals surface area contributed by atoms with Crippen molar-refractivity contribution in [2.75, 3.05) is 4.90 Å². The summed E-state index contributed by atoms with van der Waals surface area (Å²) in [4.78, 5) is 27.6. The Morgan fingerprint density at radius 3 is 2.26 bits per heavy atom. The van der Waals surface area contributed by atoms with Crippen molar-refractivity contribution in [1.29, 1.82) is 0 Å². The first kappa shape index (κ1) is 13.1. The Bertz CT molecular complexity index is 868. The highest BCUT2D eigenvalue weighted by Crippen LogP contribution is 2.53. The van der Waals surface area contributed by atoms with Crippen LogP contribution in [0.4, 0.5) is 5.69 Å². The molecule has 4 atom stereocenters. The average Bonchev–Trinajstić information content (AvgIpc) is 3.23. The third-order valence-electron chi connectivity index (χ3n) is 5.80. The van der Waals surface area contributed by atoms with Crippen LogP contribution in [0.2, 0.25) is 0 Å². The standard InChI is InChI=1S/C20H17NO2/c1-11-6-7-12-4-2-3-5-15(12)18(11)21-19(22)16-13-8-9-14(10-13)17(16)20(21)23/h2-9,13-14,16-17H,10H2,1H3. The third-order valence-corrected chi connectivity index (χ3v) is 5.80. The zero-order chi connectivity index (χ0) is 15.7. The summed E-state index contributed by atoms with van der Waals surface area (Å²) in [6.45, 7) is 1.98. The van der Waals surface area contributed by atoms with Gasteiger partial charge in [0.1, 0.15) is 0 Å². The fraction of sp³-hybridized carbons (Fsp3) is 0.300. The van der Waals surface area contributed by atoms with E-state index in [1.807, 2.05) is 43.3 Å². The largest absolute Gasteiger partial charge is 0.274 e. The van der Waals surface area contributed by atoms with Crippen LogP contribution in [0, 0.1) is 30.6 Å². The summed E-state index contributed by atoms with van der Waals surface area (Å²) in [7, 11) is 0. The van der Waals surface area contributed by atoms with E-state index in [2.05, 4.69) is 12.2 Å². The highest BCUT2D eigenvalue weighted by Gasteiger charge is 2.59. The molecule has 1 heterocycles. The van der Waals surface area contributed by atoms with Crippen molar-refractivity contribution < 1.29 is 9.59 Å². The Morgan fingerprint density at radius 2 is 1.57 bits per heavy atom. The number of allylic oxidation sites excluding steroid dienone is 2. The van der Waals surface area contributed by atoms with E-state index in [0.29, 0.717) is 0 Å². The molecule has 2 aliphatic carbocycles. The molecule has 2 aromatic rings. The molecule has 2 fully saturated rings. The predicted molar refractivity (Wildman–Crippen MR) is 88.9 cm³/mol. The quantitative estimate of drug-likeness (QED) is 0.597. The lowest BCUT2D eigenvalue weighted by atomic mass is 9.85. The number of imide groups is 1. The molecule has 1 saturated heterocycles. The summed E-state index contributed by atoms with van der Waals surface area (Å²) in [6, 6.07) is 12.0. The highest BCUT2D eigenvalue weighted by atomic mass is 16.2. The number of hydrogen-bond acceptors (Lipinski definition) is 2. The molecule has 1 saturated carbocycles. The van der Waals surface area contributed by atoms with Crippen molar-refractivity contribution in [2.45, 2.75) is 13.3 Å². The first-order valence-electron chi connectivity index (χ1n) is 8.21. The van der Waals surface area contributed by atoms with E-state index in [1.54, 1.807) is 0 Å². The fourth-order valence-corrected chi connectivity index (χ4v) is 4.78. The molecule has 3 aliphatic rings. The topological polar surface area (TPSA) is 37.4 Å². The highest BCUT2D eigenvalue weighted by molar-refractivity contribution is 6.26. The summed E-state index contributed by atoms with van der Waals surface area (Å²) < 4.78 is 0. The van der Waals surface area contributed by atoms with E-state index < -0.39 is 0 Å². The minimum atomic E-state index is -0.143. The lowest BCUT2D eigenvalue weighted by molar-refractivity contribution is -0.123. The Kier molecular flexibility index (Phi) is 2.45. The zero-order valence-corrected chi connectivity index (χ0v) is 12.9. The van der Waals surface area contributed by atoms with Crippen molar-refractivity contribution in [3.05, 3.63) is 54.1 Å². The molecular formula is C20H17NO2. The van der Waals surface area contributed by atoms with Gasteiger partial charge in [-0.3, -0.25) is 9.59 Å². The second-order valence-corrected chi connectivity index (χ2v) is 6.96. The molecule has 3 nitrogen and oxygen atoms in total. The van der Waals surface area contributed by atoms with E-state index >= 15 is 0 Å². The van der Waals surface area contributed by atoms with Gasteiger partial charge >= 0.3 is 0 Å². The van der Waals surface area contributed by atoms with Crippen LogP contribution >= 0.6 is 0 Å². The first-order valence-corrected chi connectivity index (χ1v) is 8.21. The van der Waals surface area contributed by atoms with Crippen molar-refractivity contribution in [1.82, 2.24) is 0 Å². The number of carbonyl (C=O) groups excluding carboxylic acids is 2. The molecule has 114 valence electrons. The number of amides is 2. The second kappa shape index (κ2) is 4.31. The van der Waals surface area contributed by atoms with E-state index in [0.717, 1.165) is 28.4 Å². The molecule has 0 spiro atoms. The predicted octanol–water partition coefficient (Wildman–Crippen LogP) is 3.46. The van der Waals surface area contributed by atoms with Crippen LogP contribution in [0.15, 0.2) is 48.6 Å². The van der Waals surface area contributed by atoms with Gasteiger partial charge in [-0.1, -0.05) is 48.6 Å². The van der Waals surface area contributed by atoms with Crippen LogP contribution in [0.1, 0.15) is 12.0 Å². The molecule has 2 aromatic carbocycles. The zero-order valence-electron chi connectivity index (χ0n) is 12.9. The van der Waals surface area contributed by atoms with Crippen LogP contribution < -0.4 is 4.90 Å². The lowest BCUT2D eigenvalue weighted by Gasteiger charge is -2.21. The number of aryl methyl sites for hydroxylation is 1. The minimum Gasteiger partial charge on any atom is -0.274 e. The first-order chi connectivity index (χ1) is 11.2. The molecule has 0 N–H and O–H groups in total. The number of rotatable bonds is 1. The Balaban J connectivity index is 1.71. The molecular weight excluding hydrogens is 286 g/mol. The van der Waals surface area contributed by atoms with Gasteiger partial charge in [0, 0.05) is 5.39 Å². The monoisotopic (exact) mass is 303 g/mol. The van der Waals surface area contributed by atoms with Crippen LogP contribution in [-0.2, 0) is 9.59 Å². The Hall–Kier alpha value is -2.42. The second-order valence-electron chi connectivity index (χ2n) is 6.96. The van der Waals surface area contributed by atoms with Crippen LogP contribution in [0.3, 0.4) is 0 Å². The maximum Gasteiger partial charge on any atom is 0.238 e. The number of carbonyl (C=O) groups is 2. The molecule has 0 radical (unpaired) electrons. The molecule has 3 heteroatoms. The van der Waals surface area contributed by atoms with Crippen molar-refractivity contribution in [3.63, 3.8) is 0 Å². The number of anilines is 1. The summed E-state index contributed by atoms with van der Waals surface area (Å²) in [5.74, 6) is 0.211. The summed E-state index contributed by atoms with van der Waals surface area (Å²) in [6.07, 6.45) is 5.24. The van der Waals surface area contributed by atoms with Gasteiger partial charge < -0.3 is 0 Å². The van der Waals surface area contributed by atoms with Gasteiger partial charge in [0.05, 0.1) is 17.5 Å². The molecule has 4 unspecified atom stereocenters. The maximum atomic E-state index is 13.1. The van der Waals surface area contributed by atoms with E-state index in [-0.39, 0.29) is 35.5 Å². The Morgan fingerprint density at radius 1 is 0.913 bits per heavy atom. The molecule has 0 aromatic heterocycles. The molecule has 2 bridgehead atoms. The van der Waals surface area contributed by atoms with Gasteiger partial charge in [0.15, 0.2) is 0 Å². The number of hydrogen-bond donors (Lipinski definition) is 0. The van der Waals surface area contributed by atoms with Gasteiger partial charge in [-0.25, -0.2) is 4.90 Å².